The lowest BCUT2D eigenvalue weighted by molar-refractivity contribution is -0.139. The molecule has 0 saturated carbocycles. The smallest absolute Gasteiger partial charge is 0.331 e. The Kier molecular flexibility index (Phi) is 4.53. The van der Waals surface area contributed by atoms with Crippen LogP contribution in [0.15, 0.2) is 12.4 Å². The van der Waals surface area contributed by atoms with E-state index >= 15 is 0 Å². The molecular formula is C12H18N4O3S. The second kappa shape index (κ2) is 6.17. The van der Waals surface area contributed by atoms with E-state index in [1.807, 2.05) is 0 Å². The Balaban J connectivity index is 2.04. The Hall–Kier alpha value is -1.70. The Morgan fingerprint density at radius 3 is 2.90 bits per heavy atom. The first-order valence-electron chi connectivity index (χ1n) is 6.31. The average molecular weight is 298 g/mol. The number of nitrogens with one attached hydrogen (secondary N) is 1. The predicted molar refractivity (Wildman–Crippen MR) is 75.6 cm³/mol. The zero-order valence-electron chi connectivity index (χ0n) is 11.4. The number of carboxylic acid groups (broad SMARTS) is 1. The average Bonchev–Trinajstić information content (AvgIpc) is 3.05. The molecule has 20 heavy (non-hydrogen) atoms. The molecule has 7 nitrogen and oxygen atoms in total. The summed E-state index contributed by atoms with van der Waals surface area (Å²) in [6.45, 7) is 0. The van der Waals surface area contributed by atoms with E-state index in [0.29, 0.717) is 5.56 Å². The molecule has 2 rings (SSSR count). The number of aryl methyl sites for hydroxylation is 1. The number of nitrogens with zero attached hydrogens (tertiary/aromatic N) is 3. The highest BCUT2D eigenvalue weighted by Gasteiger charge is 2.28. The summed E-state index contributed by atoms with van der Waals surface area (Å²) in [6.07, 6.45) is 3.98. The SMILES string of the molecule is CN(C(=O)NC(C(=O)O)c1cnn(C)c1)C1CCSC1. The zero-order valence-corrected chi connectivity index (χ0v) is 12.3. The fourth-order valence-corrected chi connectivity index (χ4v) is 3.36. The molecule has 8 heteroatoms. The fraction of sp³-hybridized carbons (Fsp3) is 0.583. The fourth-order valence-electron chi connectivity index (χ4n) is 2.10. The van der Waals surface area contributed by atoms with Gasteiger partial charge >= 0.3 is 12.0 Å². The summed E-state index contributed by atoms with van der Waals surface area (Å²) >= 11 is 1.80. The van der Waals surface area contributed by atoms with Crippen LogP contribution in [0.2, 0.25) is 0 Å². The van der Waals surface area contributed by atoms with Crippen molar-refractivity contribution in [2.24, 2.45) is 7.05 Å². The van der Waals surface area contributed by atoms with Gasteiger partial charge in [-0.1, -0.05) is 0 Å². The summed E-state index contributed by atoms with van der Waals surface area (Å²) in [6, 6.07) is -1.27. The molecule has 1 aliphatic rings. The van der Waals surface area contributed by atoms with Crippen molar-refractivity contribution in [1.29, 1.82) is 0 Å². The predicted octanol–water partition coefficient (Wildman–Crippen LogP) is 0.693. The number of rotatable bonds is 4. The van der Waals surface area contributed by atoms with E-state index < -0.39 is 12.0 Å². The van der Waals surface area contributed by atoms with Crippen LogP contribution in [-0.2, 0) is 11.8 Å². The van der Waals surface area contributed by atoms with Gasteiger partial charge in [-0.3, -0.25) is 4.68 Å². The number of aliphatic carboxylic acids is 1. The van der Waals surface area contributed by atoms with Gasteiger partial charge in [0.1, 0.15) is 0 Å². The maximum absolute atomic E-state index is 12.1. The molecule has 2 N–H and O–H groups in total. The van der Waals surface area contributed by atoms with Crippen LogP contribution in [-0.4, -0.2) is 56.4 Å². The summed E-state index contributed by atoms with van der Waals surface area (Å²) in [7, 11) is 3.40. The van der Waals surface area contributed by atoms with Gasteiger partial charge in [0.25, 0.3) is 0 Å². The minimum Gasteiger partial charge on any atom is -0.479 e. The zero-order chi connectivity index (χ0) is 14.7. The van der Waals surface area contributed by atoms with Crippen LogP contribution < -0.4 is 5.32 Å². The van der Waals surface area contributed by atoms with Crippen LogP contribution in [0.5, 0.6) is 0 Å². The lowest BCUT2D eigenvalue weighted by Crippen LogP contribution is -2.46. The number of carboxylic acids is 1. The Labute approximate surface area is 121 Å². The van der Waals surface area contributed by atoms with Crippen molar-refractivity contribution in [3.63, 3.8) is 0 Å². The monoisotopic (exact) mass is 298 g/mol. The molecule has 0 aliphatic carbocycles. The molecule has 2 heterocycles. The van der Waals surface area contributed by atoms with Gasteiger partial charge in [-0.2, -0.15) is 16.9 Å². The van der Waals surface area contributed by atoms with Crippen molar-refractivity contribution in [1.82, 2.24) is 20.0 Å². The number of urea groups is 1. The molecule has 2 amide bonds. The third-order valence-electron chi connectivity index (χ3n) is 3.35. The Bertz CT molecular complexity index is 499. The Morgan fingerprint density at radius 1 is 1.65 bits per heavy atom. The van der Waals surface area contributed by atoms with E-state index in [1.165, 1.54) is 10.9 Å². The topological polar surface area (TPSA) is 87.5 Å². The standard InChI is InChI=1S/C12H18N4O3S/c1-15-6-8(5-13-15)10(11(17)18)14-12(19)16(2)9-3-4-20-7-9/h5-6,9-10H,3-4,7H2,1-2H3,(H,14,19)(H,17,18). The quantitative estimate of drug-likeness (QED) is 0.854. The maximum atomic E-state index is 12.1. The highest BCUT2D eigenvalue weighted by atomic mass is 32.2. The largest absolute Gasteiger partial charge is 0.479 e. The van der Waals surface area contributed by atoms with Crippen molar-refractivity contribution in [3.05, 3.63) is 18.0 Å². The van der Waals surface area contributed by atoms with Crippen molar-refractivity contribution < 1.29 is 14.7 Å². The Morgan fingerprint density at radius 2 is 2.40 bits per heavy atom. The van der Waals surface area contributed by atoms with Crippen LogP contribution in [0.25, 0.3) is 0 Å². The second-order valence-corrected chi connectivity index (χ2v) is 5.95. The van der Waals surface area contributed by atoms with Crippen molar-refractivity contribution in [3.8, 4) is 0 Å². The van der Waals surface area contributed by atoms with E-state index in [9.17, 15) is 14.7 Å². The van der Waals surface area contributed by atoms with Crippen molar-refractivity contribution in [2.75, 3.05) is 18.6 Å². The van der Waals surface area contributed by atoms with E-state index in [0.717, 1.165) is 17.9 Å². The number of hydrogen-bond acceptors (Lipinski definition) is 4. The summed E-state index contributed by atoms with van der Waals surface area (Å²) in [5.41, 5.74) is 0.461. The molecule has 2 atom stereocenters. The van der Waals surface area contributed by atoms with E-state index in [-0.39, 0.29) is 12.1 Å². The lowest BCUT2D eigenvalue weighted by Gasteiger charge is -2.25. The minimum atomic E-state index is -1.10. The first kappa shape index (κ1) is 14.7. The number of carbonyl (C=O) groups is 2. The number of amides is 2. The van der Waals surface area contributed by atoms with Crippen LogP contribution >= 0.6 is 11.8 Å². The lowest BCUT2D eigenvalue weighted by atomic mass is 10.1. The first-order chi connectivity index (χ1) is 9.49. The van der Waals surface area contributed by atoms with Crippen LogP contribution in [0, 0.1) is 0 Å². The van der Waals surface area contributed by atoms with Crippen LogP contribution in [0.3, 0.4) is 0 Å². The van der Waals surface area contributed by atoms with Gasteiger partial charge in [0.15, 0.2) is 6.04 Å². The third-order valence-corrected chi connectivity index (χ3v) is 4.49. The molecule has 0 bridgehead atoms. The second-order valence-electron chi connectivity index (χ2n) is 4.80. The van der Waals surface area contributed by atoms with Gasteiger partial charge in [-0.15, -0.1) is 0 Å². The van der Waals surface area contributed by atoms with Gasteiger partial charge in [0, 0.05) is 37.7 Å². The van der Waals surface area contributed by atoms with E-state index in [2.05, 4.69) is 10.4 Å². The summed E-state index contributed by atoms with van der Waals surface area (Å²) in [5.74, 6) is 0.836. The molecule has 1 aliphatic heterocycles. The minimum absolute atomic E-state index is 0.170. The number of thioether (sulfide) groups is 1. The van der Waals surface area contributed by atoms with E-state index in [4.69, 9.17) is 0 Å². The normalized spacial score (nSPS) is 19.6. The maximum Gasteiger partial charge on any atom is 0.331 e. The van der Waals surface area contributed by atoms with Gasteiger partial charge in [0.05, 0.1) is 6.20 Å². The highest BCUT2D eigenvalue weighted by molar-refractivity contribution is 7.99. The molecule has 1 aromatic heterocycles. The number of hydrogen-bond donors (Lipinski definition) is 2. The molecule has 0 radical (unpaired) electrons. The van der Waals surface area contributed by atoms with Gasteiger partial charge in [0.2, 0.25) is 0 Å². The number of carbonyl (C=O) groups excluding carboxylic acids is 1. The molecule has 0 aromatic carbocycles. The molecule has 0 spiro atoms. The molecule has 1 aromatic rings. The molecule has 1 saturated heterocycles. The summed E-state index contributed by atoms with van der Waals surface area (Å²) < 4.78 is 1.51. The molecular weight excluding hydrogens is 280 g/mol. The number of aromatic nitrogens is 2. The summed E-state index contributed by atoms with van der Waals surface area (Å²) in [4.78, 5) is 25.0. The third kappa shape index (κ3) is 3.24. The van der Waals surface area contributed by atoms with Crippen molar-refractivity contribution >= 4 is 23.8 Å². The molecule has 2 unspecified atom stereocenters. The highest BCUT2D eigenvalue weighted by Crippen LogP contribution is 2.22. The van der Waals surface area contributed by atoms with Crippen molar-refractivity contribution in [2.45, 2.75) is 18.5 Å². The molecule has 1 fully saturated rings. The molecule has 110 valence electrons. The van der Waals surface area contributed by atoms with Gasteiger partial charge in [-0.25, -0.2) is 9.59 Å². The summed E-state index contributed by atoms with van der Waals surface area (Å²) in [5, 5.41) is 15.7. The van der Waals surface area contributed by atoms with Gasteiger partial charge in [-0.05, 0) is 12.2 Å². The first-order valence-corrected chi connectivity index (χ1v) is 7.47. The van der Waals surface area contributed by atoms with E-state index in [1.54, 1.807) is 37.0 Å². The van der Waals surface area contributed by atoms with Crippen LogP contribution in [0.1, 0.15) is 18.0 Å². The van der Waals surface area contributed by atoms with Gasteiger partial charge < -0.3 is 15.3 Å². The van der Waals surface area contributed by atoms with Crippen LogP contribution in [0.4, 0.5) is 4.79 Å².